The molecule has 0 saturated heterocycles. The first-order valence-electron chi connectivity index (χ1n) is 4.30. The van der Waals surface area contributed by atoms with E-state index in [4.69, 9.17) is 4.42 Å². The van der Waals surface area contributed by atoms with Crippen LogP contribution >= 0.6 is 11.8 Å². The first-order valence-corrected chi connectivity index (χ1v) is 5.69. The SMILES string of the molecule is CCC(NC)c1nnc(CSC)o1. The normalized spacial score (nSPS) is 13.2. The lowest BCUT2D eigenvalue weighted by Gasteiger charge is -2.06. The Morgan fingerprint density at radius 3 is 2.85 bits per heavy atom. The fourth-order valence-electron chi connectivity index (χ4n) is 1.09. The number of hydrogen-bond acceptors (Lipinski definition) is 5. The van der Waals surface area contributed by atoms with Crippen molar-refractivity contribution in [2.45, 2.75) is 25.1 Å². The van der Waals surface area contributed by atoms with Gasteiger partial charge in [0, 0.05) is 0 Å². The zero-order chi connectivity index (χ0) is 9.68. The quantitative estimate of drug-likeness (QED) is 0.784. The summed E-state index contributed by atoms with van der Waals surface area (Å²) in [6.45, 7) is 2.08. The fourth-order valence-corrected chi connectivity index (χ4v) is 1.46. The predicted octanol–water partition coefficient (Wildman–Crippen LogP) is 1.60. The van der Waals surface area contributed by atoms with E-state index in [9.17, 15) is 0 Å². The summed E-state index contributed by atoms with van der Waals surface area (Å²) in [5, 5.41) is 11.0. The zero-order valence-corrected chi connectivity index (χ0v) is 9.02. The van der Waals surface area contributed by atoms with Gasteiger partial charge in [0.1, 0.15) is 0 Å². The Labute approximate surface area is 82.5 Å². The van der Waals surface area contributed by atoms with Gasteiger partial charge in [0.2, 0.25) is 11.8 Å². The topological polar surface area (TPSA) is 51.0 Å². The molecule has 0 amide bonds. The molecule has 0 saturated carbocycles. The van der Waals surface area contributed by atoms with Crippen molar-refractivity contribution in [3.8, 4) is 0 Å². The lowest BCUT2D eigenvalue weighted by atomic mass is 10.2. The van der Waals surface area contributed by atoms with E-state index in [2.05, 4.69) is 22.4 Å². The number of nitrogens with one attached hydrogen (secondary N) is 1. The van der Waals surface area contributed by atoms with Crippen LogP contribution in [0.4, 0.5) is 0 Å². The lowest BCUT2D eigenvalue weighted by Crippen LogP contribution is -2.15. The van der Waals surface area contributed by atoms with Gasteiger partial charge in [0.15, 0.2) is 0 Å². The molecule has 0 aliphatic heterocycles. The van der Waals surface area contributed by atoms with Crippen LogP contribution in [0.1, 0.15) is 31.2 Å². The Kier molecular flexibility index (Phi) is 4.24. The summed E-state index contributed by atoms with van der Waals surface area (Å²) in [6, 6.07) is 0.183. The Bertz CT molecular complexity index is 247. The number of rotatable bonds is 5. The minimum Gasteiger partial charge on any atom is -0.423 e. The standard InChI is InChI=1S/C8H15N3OS/c1-4-6(9-2)8-11-10-7(12-8)5-13-3/h6,9H,4-5H2,1-3H3. The van der Waals surface area contributed by atoms with E-state index in [1.807, 2.05) is 13.3 Å². The summed E-state index contributed by atoms with van der Waals surface area (Å²) in [4.78, 5) is 0. The molecule has 74 valence electrons. The zero-order valence-electron chi connectivity index (χ0n) is 8.20. The van der Waals surface area contributed by atoms with Gasteiger partial charge in [0.25, 0.3) is 0 Å². The predicted molar refractivity (Wildman–Crippen MR) is 53.6 cm³/mol. The third kappa shape index (κ3) is 2.70. The molecule has 0 spiro atoms. The summed E-state index contributed by atoms with van der Waals surface area (Å²) >= 11 is 1.68. The van der Waals surface area contributed by atoms with Crippen LogP contribution in [0.5, 0.6) is 0 Å². The van der Waals surface area contributed by atoms with Crippen molar-refractivity contribution in [3.05, 3.63) is 11.8 Å². The molecule has 1 aromatic heterocycles. The molecule has 13 heavy (non-hydrogen) atoms. The summed E-state index contributed by atoms with van der Waals surface area (Å²) < 4.78 is 5.46. The van der Waals surface area contributed by atoms with Crippen LogP contribution in [0.3, 0.4) is 0 Å². The molecule has 1 rings (SSSR count). The first-order chi connectivity index (χ1) is 6.31. The van der Waals surface area contributed by atoms with Gasteiger partial charge in [-0.3, -0.25) is 0 Å². The van der Waals surface area contributed by atoms with Crippen LogP contribution in [0.15, 0.2) is 4.42 Å². The second-order valence-corrected chi connectivity index (χ2v) is 3.58. The molecule has 1 heterocycles. The van der Waals surface area contributed by atoms with Gasteiger partial charge in [0.05, 0.1) is 11.8 Å². The highest BCUT2D eigenvalue weighted by Crippen LogP contribution is 2.15. The molecule has 1 N–H and O–H groups in total. The third-order valence-corrected chi connectivity index (χ3v) is 2.34. The molecule has 0 aromatic carbocycles. The summed E-state index contributed by atoms with van der Waals surface area (Å²) in [6.07, 6.45) is 2.97. The van der Waals surface area contributed by atoms with E-state index in [1.54, 1.807) is 11.8 Å². The highest BCUT2D eigenvalue weighted by atomic mass is 32.2. The van der Waals surface area contributed by atoms with E-state index in [0.717, 1.165) is 12.2 Å². The van der Waals surface area contributed by atoms with Crippen molar-refractivity contribution in [2.75, 3.05) is 13.3 Å². The summed E-state index contributed by atoms with van der Waals surface area (Å²) in [5.41, 5.74) is 0. The van der Waals surface area contributed by atoms with E-state index >= 15 is 0 Å². The molecule has 5 heteroatoms. The minimum atomic E-state index is 0.183. The molecular weight excluding hydrogens is 186 g/mol. The molecule has 1 atom stereocenters. The smallest absolute Gasteiger partial charge is 0.233 e. The maximum absolute atomic E-state index is 5.46. The number of hydrogen-bond donors (Lipinski definition) is 1. The monoisotopic (exact) mass is 201 g/mol. The Balaban J connectivity index is 2.66. The fraction of sp³-hybridized carbons (Fsp3) is 0.750. The maximum atomic E-state index is 5.46. The molecular formula is C8H15N3OS. The second-order valence-electron chi connectivity index (χ2n) is 2.72. The molecule has 4 nitrogen and oxygen atoms in total. The van der Waals surface area contributed by atoms with Gasteiger partial charge >= 0.3 is 0 Å². The molecule has 1 unspecified atom stereocenters. The molecule has 0 aliphatic carbocycles. The molecule has 0 fully saturated rings. The molecule has 0 aliphatic rings. The summed E-state index contributed by atoms with van der Waals surface area (Å²) in [5.74, 6) is 2.18. The van der Waals surface area contributed by atoms with Crippen molar-refractivity contribution < 1.29 is 4.42 Å². The van der Waals surface area contributed by atoms with Crippen molar-refractivity contribution in [3.63, 3.8) is 0 Å². The third-order valence-electron chi connectivity index (χ3n) is 1.81. The van der Waals surface area contributed by atoms with Crippen molar-refractivity contribution in [1.29, 1.82) is 0 Å². The van der Waals surface area contributed by atoms with Gasteiger partial charge in [-0.1, -0.05) is 6.92 Å². The first kappa shape index (κ1) is 10.5. The van der Waals surface area contributed by atoms with Gasteiger partial charge < -0.3 is 9.73 Å². The Hall–Kier alpha value is -0.550. The van der Waals surface area contributed by atoms with Crippen molar-refractivity contribution >= 4 is 11.8 Å². The number of thioether (sulfide) groups is 1. The van der Waals surface area contributed by atoms with Crippen molar-refractivity contribution in [1.82, 2.24) is 15.5 Å². The van der Waals surface area contributed by atoms with Crippen LogP contribution in [0.2, 0.25) is 0 Å². The largest absolute Gasteiger partial charge is 0.423 e. The van der Waals surface area contributed by atoms with Crippen LogP contribution in [-0.2, 0) is 5.75 Å². The van der Waals surface area contributed by atoms with E-state index in [1.165, 1.54) is 0 Å². The van der Waals surface area contributed by atoms with Gasteiger partial charge in [-0.2, -0.15) is 11.8 Å². The average molecular weight is 201 g/mol. The van der Waals surface area contributed by atoms with E-state index in [-0.39, 0.29) is 6.04 Å². The van der Waals surface area contributed by atoms with Gasteiger partial charge in [-0.15, -0.1) is 10.2 Å². The summed E-state index contributed by atoms with van der Waals surface area (Å²) in [7, 11) is 1.90. The van der Waals surface area contributed by atoms with Gasteiger partial charge in [-0.05, 0) is 19.7 Å². The van der Waals surface area contributed by atoms with E-state index < -0.39 is 0 Å². The van der Waals surface area contributed by atoms with Crippen LogP contribution in [0.25, 0.3) is 0 Å². The van der Waals surface area contributed by atoms with Crippen LogP contribution in [-0.4, -0.2) is 23.5 Å². The lowest BCUT2D eigenvalue weighted by molar-refractivity contribution is 0.394. The highest BCUT2D eigenvalue weighted by Gasteiger charge is 2.13. The number of aromatic nitrogens is 2. The van der Waals surface area contributed by atoms with E-state index in [0.29, 0.717) is 11.8 Å². The van der Waals surface area contributed by atoms with Gasteiger partial charge in [-0.25, -0.2) is 0 Å². The number of nitrogens with zero attached hydrogens (tertiary/aromatic N) is 2. The van der Waals surface area contributed by atoms with Crippen LogP contribution in [0, 0.1) is 0 Å². The minimum absolute atomic E-state index is 0.183. The Morgan fingerprint density at radius 2 is 2.31 bits per heavy atom. The second kappa shape index (κ2) is 5.24. The van der Waals surface area contributed by atoms with Crippen LogP contribution < -0.4 is 5.32 Å². The van der Waals surface area contributed by atoms with Crippen molar-refractivity contribution in [2.24, 2.45) is 0 Å². The molecule has 1 aromatic rings. The average Bonchev–Trinajstić information content (AvgIpc) is 2.56. The maximum Gasteiger partial charge on any atom is 0.233 e. The molecule has 0 bridgehead atoms. The molecule has 0 radical (unpaired) electrons. The Morgan fingerprint density at radius 1 is 1.54 bits per heavy atom. The highest BCUT2D eigenvalue weighted by molar-refractivity contribution is 7.97.